The van der Waals surface area contributed by atoms with Crippen LogP contribution >= 0.6 is 0 Å². The van der Waals surface area contributed by atoms with E-state index in [2.05, 4.69) is 35.3 Å². The molecule has 6 nitrogen and oxygen atoms in total. The molecule has 6 heteroatoms. The maximum atomic E-state index is 12.8. The van der Waals surface area contributed by atoms with Crippen LogP contribution in [0, 0.1) is 0 Å². The van der Waals surface area contributed by atoms with Gasteiger partial charge in [0, 0.05) is 37.9 Å². The van der Waals surface area contributed by atoms with Crippen LogP contribution < -0.4 is 0 Å². The number of hydrogen-bond donors (Lipinski definition) is 1. The summed E-state index contributed by atoms with van der Waals surface area (Å²) in [5, 5.41) is 12.4. The zero-order valence-corrected chi connectivity index (χ0v) is 16.6. The number of carbonyl (C=O) groups is 2. The van der Waals surface area contributed by atoms with Crippen LogP contribution in [0.2, 0.25) is 0 Å². The molecule has 0 radical (unpaired) electrons. The van der Waals surface area contributed by atoms with Gasteiger partial charge in [-0.1, -0.05) is 42.5 Å². The molecule has 2 fully saturated rings. The number of pyridine rings is 1. The highest BCUT2D eigenvalue weighted by atomic mass is 16.3. The second-order valence-corrected chi connectivity index (χ2v) is 8.11. The molecule has 3 aromatic rings. The molecule has 1 N–H and O–H groups in total. The third-order valence-corrected chi connectivity index (χ3v) is 6.04. The quantitative estimate of drug-likeness (QED) is 0.732. The van der Waals surface area contributed by atoms with E-state index in [9.17, 15) is 14.7 Å². The Morgan fingerprint density at radius 3 is 2.17 bits per heavy atom. The Labute approximate surface area is 174 Å². The van der Waals surface area contributed by atoms with Crippen LogP contribution in [0.5, 0.6) is 0 Å². The van der Waals surface area contributed by atoms with Crippen molar-refractivity contribution in [3.63, 3.8) is 0 Å². The van der Waals surface area contributed by atoms with Crippen molar-refractivity contribution >= 4 is 22.6 Å². The Kier molecular flexibility index (Phi) is 4.51. The van der Waals surface area contributed by atoms with Gasteiger partial charge in [0.05, 0.1) is 0 Å². The summed E-state index contributed by atoms with van der Waals surface area (Å²) in [4.78, 5) is 32.8. The third kappa shape index (κ3) is 3.44. The molecule has 0 spiro atoms. The lowest BCUT2D eigenvalue weighted by molar-refractivity contribution is -0.143. The smallest absolute Gasteiger partial charge is 0.272 e. The topological polar surface area (TPSA) is 73.7 Å². The Morgan fingerprint density at radius 2 is 1.50 bits per heavy atom. The molecule has 1 aliphatic carbocycles. The number of nitrogens with zero attached hydrogens (tertiary/aromatic N) is 3. The first-order valence-electron chi connectivity index (χ1n) is 10.3. The van der Waals surface area contributed by atoms with E-state index in [1.807, 2.05) is 18.2 Å². The number of aliphatic hydroxyl groups is 1. The fourth-order valence-electron chi connectivity index (χ4n) is 3.96. The minimum atomic E-state index is -1.15. The first-order valence-corrected chi connectivity index (χ1v) is 10.3. The molecule has 30 heavy (non-hydrogen) atoms. The highest BCUT2D eigenvalue weighted by Gasteiger charge is 2.50. The minimum absolute atomic E-state index is 0.128. The van der Waals surface area contributed by atoms with E-state index < -0.39 is 5.60 Å². The van der Waals surface area contributed by atoms with Crippen molar-refractivity contribution in [3.05, 3.63) is 66.5 Å². The molecule has 2 aliphatic rings. The number of fused-ring (bicyclic) bond motifs is 1. The van der Waals surface area contributed by atoms with E-state index in [-0.39, 0.29) is 11.8 Å². The predicted octanol–water partition coefficient (Wildman–Crippen LogP) is 2.71. The number of piperazine rings is 1. The van der Waals surface area contributed by atoms with Crippen molar-refractivity contribution in [2.24, 2.45) is 0 Å². The van der Waals surface area contributed by atoms with Crippen LogP contribution in [-0.4, -0.2) is 63.5 Å². The van der Waals surface area contributed by atoms with Gasteiger partial charge in [-0.3, -0.25) is 14.6 Å². The molecule has 0 unspecified atom stereocenters. The summed E-state index contributed by atoms with van der Waals surface area (Å²) in [5.74, 6) is -0.329. The van der Waals surface area contributed by atoms with E-state index in [0.29, 0.717) is 44.7 Å². The van der Waals surface area contributed by atoms with Gasteiger partial charge in [0.15, 0.2) is 0 Å². The van der Waals surface area contributed by atoms with Gasteiger partial charge in [-0.15, -0.1) is 0 Å². The van der Waals surface area contributed by atoms with E-state index >= 15 is 0 Å². The molecule has 0 bridgehead atoms. The van der Waals surface area contributed by atoms with Gasteiger partial charge in [0.1, 0.15) is 11.3 Å². The molecular weight excluding hydrogens is 378 g/mol. The monoisotopic (exact) mass is 401 g/mol. The molecule has 0 atom stereocenters. The van der Waals surface area contributed by atoms with Crippen LogP contribution in [0.15, 0.2) is 60.8 Å². The van der Waals surface area contributed by atoms with Gasteiger partial charge in [-0.25, -0.2) is 0 Å². The molecule has 2 heterocycles. The van der Waals surface area contributed by atoms with Gasteiger partial charge >= 0.3 is 0 Å². The van der Waals surface area contributed by atoms with Crippen molar-refractivity contribution in [1.29, 1.82) is 0 Å². The number of aromatic nitrogens is 1. The Balaban J connectivity index is 1.26. The average Bonchev–Trinajstić information content (AvgIpc) is 3.56. The van der Waals surface area contributed by atoms with Gasteiger partial charge in [0.2, 0.25) is 0 Å². The largest absolute Gasteiger partial charge is 0.380 e. The highest BCUT2D eigenvalue weighted by Crippen LogP contribution is 2.37. The van der Waals surface area contributed by atoms with Crippen LogP contribution in [0.4, 0.5) is 0 Å². The first kappa shape index (κ1) is 18.8. The van der Waals surface area contributed by atoms with Crippen LogP contribution in [0.1, 0.15) is 23.3 Å². The average molecular weight is 401 g/mol. The van der Waals surface area contributed by atoms with Gasteiger partial charge in [-0.05, 0) is 41.3 Å². The molecule has 1 aromatic heterocycles. The molecule has 2 amide bonds. The number of amides is 2. The molecule has 1 saturated heterocycles. The van der Waals surface area contributed by atoms with Crippen LogP contribution in [0.25, 0.3) is 21.9 Å². The van der Waals surface area contributed by atoms with E-state index in [4.69, 9.17) is 0 Å². The predicted molar refractivity (Wildman–Crippen MR) is 114 cm³/mol. The van der Waals surface area contributed by atoms with Crippen LogP contribution in [-0.2, 0) is 4.79 Å². The summed E-state index contributed by atoms with van der Waals surface area (Å²) in [6.07, 6.45) is 2.82. The Morgan fingerprint density at radius 1 is 0.833 bits per heavy atom. The van der Waals surface area contributed by atoms with E-state index in [0.717, 1.165) is 11.1 Å². The Hall–Kier alpha value is -3.25. The SMILES string of the molecule is O=C(c1ccc(-c2ccc3ccccc3c2)cn1)N1CCN(C(=O)C2(O)CC2)CC1. The summed E-state index contributed by atoms with van der Waals surface area (Å²) in [7, 11) is 0. The fourth-order valence-corrected chi connectivity index (χ4v) is 3.96. The van der Waals surface area contributed by atoms with Gasteiger partial charge in [0.25, 0.3) is 11.8 Å². The highest BCUT2D eigenvalue weighted by molar-refractivity contribution is 5.93. The zero-order chi connectivity index (χ0) is 20.7. The molecular formula is C24H23N3O3. The number of benzene rings is 2. The maximum absolute atomic E-state index is 12.8. The molecule has 152 valence electrons. The van der Waals surface area contributed by atoms with E-state index in [1.165, 1.54) is 10.8 Å². The molecule has 5 rings (SSSR count). The summed E-state index contributed by atoms with van der Waals surface area (Å²) in [5.41, 5.74) is 1.28. The van der Waals surface area contributed by atoms with Crippen molar-refractivity contribution in [3.8, 4) is 11.1 Å². The van der Waals surface area contributed by atoms with Gasteiger partial charge < -0.3 is 14.9 Å². The first-order chi connectivity index (χ1) is 14.5. The second-order valence-electron chi connectivity index (χ2n) is 8.11. The molecule has 1 saturated carbocycles. The van der Waals surface area contributed by atoms with Crippen LogP contribution in [0.3, 0.4) is 0 Å². The van der Waals surface area contributed by atoms with Crippen molar-refractivity contribution in [2.45, 2.75) is 18.4 Å². The lowest BCUT2D eigenvalue weighted by Crippen LogP contribution is -2.53. The minimum Gasteiger partial charge on any atom is -0.380 e. The second kappa shape index (κ2) is 7.22. The number of hydrogen-bond acceptors (Lipinski definition) is 4. The summed E-state index contributed by atoms with van der Waals surface area (Å²) >= 11 is 0. The zero-order valence-electron chi connectivity index (χ0n) is 16.6. The van der Waals surface area contributed by atoms with Gasteiger partial charge in [-0.2, -0.15) is 0 Å². The normalized spacial score (nSPS) is 17.8. The fraction of sp³-hybridized carbons (Fsp3) is 0.292. The molecule has 1 aliphatic heterocycles. The lowest BCUT2D eigenvalue weighted by Gasteiger charge is -2.35. The standard InChI is InChI=1S/C24H23N3O3/c28-22(26-11-13-27(14-12-26)23(29)24(30)9-10-24)21-8-7-20(16-25-21)19-6-5-17-3-1-2-4-18(17)15-19/h1-8,15-16,30H,9-14H2. The number of rotatable bonds is 3. The summed E-state index contributed by atoms with van der Waals surface area (Å²) in [6.45, 7) is 1.80. The Bertz CT molecular complexity index is 1110. The summed E-state index contributed by atoms with van der Waals surface area (Å²) < 4.78 is 0. The summed E-state index contributed by atoms with van der Waals surface area (Å²) in [6, 6.07) is 18.2. The van der Waals surface area contributed by atoms with Crippen molar-refractivity contribution in [1.82, 2.24) is 14.8 Å². The third-order valence-electron chi connectivity index (χ3n) is 6.04. The van der Waals surface area contributed by atoms with E-state index in [1.54, 1.807) is 22.1 Å². The maximum Gasteiger partial charge on any atom is 0.272 e. The molecule has 2 aromatic carbocycles. The number of carbonyl (C=O) groups excluding carboxylic acids is 2. The van der Waals surface area contributed by atoms with Crippen molar-refractivity contribution < 1.29 is 14.7 Å². The lowest BCUT2D eigenvalue weighted by atomic mass is 10.0. The van der Waals surface area contributed by atoms with Crippen molar-refractivity contribution in [2.75, 3.05) is 26.2 Å².